The third-order valence-corrected chi connectivity index (χ3v) is 7.20. The van der Waals surface area contributed by atoms with Crippen molar-refractivity contribution in [3.63, 3.8) is 0 Å². The fourth-order valence-corrected chi connectivity index (χ4v) is 6.04. The van der Waals surface area contributed by atoms with Crippen LogP contribution in [-0.4, -0.2) is 77.4 Å². The van der Waals surface area contributed by atoms with Crippen LogP contribution in [-0.2, 0) is 16.0 Å². The van der Waals surface area contributed by atoms with Gasteiger partial charge in [-0.15, -0.1) is 0 Å². The number of amides is 4. The normalized spacial score (nSPS) is 28.3. The van der Waals surface area contributed by atoms with E-state index in [0.717, 1.165) is 37.4 Å². The number of benzene rings is 1. The molecule has 174 valence electrons. The number of carbonyl (C=O) groups excluding carboxylic acids is 3. The fraction of sp³-hybridized carbons (Fsp3) is 0.640. The number of carbonyl (C=O) groups is 3. The Morgan fingerprint density at radius 3 is 2.41 bits per heavy atom. The molecule has 1 aromatic rings. The first-order valence-electron chi connectivity index (χ1n) is 11.9. The summed E-state index contributed by atoms with van der Waals surface area (Å²) in [4.78, 5) is 44.2. The van der Waals surface area contributed by atoms with Crippen molar-refractivity contribution in [1.29, 1.82) is 0 Å². The summed E-state index contributed by atoms with van der Waals surface area (Å²) in [6.45, 7) is 10.1. The van der Waals surface area contributed by atoms with Crippen LogP contribution in [0, 0.1) is 11.3 Å². The number of imide groups is 1. The first-order valence-corrected chi connectivity index (χ1v) is 11.9. The number of nitrogens with one attached hydrogen (secondary N) is 1. The predicted octanol–water partition coefficient (Wildman–Crippen LogP) is 2.51. The van der Waals surface area contributed by atoms with Gasteiger partial charge in [-0.05, 0) is 42.6 Å². The first kappa shape index (κ1) is 22.8. The minimum atomic E-state index is -0.853. The van der Waals surface area contributed by atoms with Crippen LogP contribution in [0.3, 0.4) is 0 Å². The molecule has 1 saturated carbocycles. The van der Waals surface area contributed by atoms with Crippen LogP contribution in [0.15, 0.2) is 30.3 Å². The zero-order valence-electron chi connectivity index (χ0n) is 19.6. The summed E-state index contributed by atoms with van der Waals surface area (Å²) in [6, 6.07) is 9.99. The maximum Gasteiger partial charge on any atom is 0.325 e. The standard InChI is InChI=1S/C25H36N4O3/c1-19-15-24(2,3)18-25(16-19)22(31)29(23(32)26-25)17-21(30)28-13-11-27(12-14-28)10-9-20-7-5-4-6-8-20/h4-8,19H,9-18H2,1-3H3,(H,26,32). The van der Waals surface area contributed by atoms with E-state index < -0.39 is 11.6 Å². The van der Waals surface area contributed by atoms with Crippen molar-refractivity contribution in [3.8, 4) is 0 Å². The second-order valence-corrected chi connectivity index (χ2v) is 10.7. The smallest absolute Gasteiger partial charge is 0.325 e. The molecule has 3 fully saturated rings. The molecule has 1 N–H and O–H groups in total. The molecular weight excluding hydrogens is 404 g/mol. The van der Waals surface area contributed by atoms with Gasteiger partial charge in [0.05, 0.1) is 0 Å². The van der Waals surface area contributed by atoms with Gasteiger partial charge in [-0.2, -0.15) is 0 Å². The highest BCUT2D eigenvalue weighted by atomic mass is 16.2. The maximum absolute atomic E-state index is 13.3. The van der Waals surface area contributed by atoms with Crippen LogP contribution in [0.2, 0.25) is 0 Å². The first-order chi connectivity index (χ1) is 15.2. The molecule has 4 amide bonds. The lowest BCUT2D eigenvalue weighted by atomic mass is 9.64. The number of piperazine rings is 1. The van der Waals surface area contributed by atoms with Gasteiger partial charge in [0.2, 0.25) is 5.91 Å². The van der Waals surface area contributed by atoms with Gasteiger partial charge in [0, 0.05) is 32.7 Å². The molecule has 0 radical (unpaired) electrons. The molecule has 2 saturated heterocycles. The third kappa shape index (κ3) is 4.82. The summed E-state index contributed by atoms with van der Waals surface area (Å²) in [5, 5.41) is 2.96. The van der Waals surface area contributed by atoms with Crippen LogP contribution in [0.1, 0.15) is 45.6 Å². The topological polar surface area (TPSA) is 73.0 Å². The highest BCUT2D eigenvalue weighted by Gasteiger charge is 2.56. The second-order valence-electron chi connectivity index (χ2n) is 10.7. The van der Waals surface area contributed by atoms with Gasteiger partial charge in [0.25, 0.3) is 5.91 Å². The van der Waals surface area contributed by atoms with E-state index in [0.29, 0.717) is 31.8 Å². The van der Waals surface area contributed by atoms with E-state index in [1.807, 2.05) is 6.07 Å². The molecule has 7 nitrogen and oxygen atoms in total. The number of hydrogen-bond acceptors (Lipinski definition) is 4. The van der Waals surface area contributed by atoms with Gasteiger partial charge in [-0.3, -0.25) is 19.4 Å². The van der Waals surface area contributed by atoms with Gasteiger partial charge in [0.1, 0.15) is 12.1 Å². The van der Waals surface area contributed by atoms with Crippen LogP contribution < -0.4 is 5.32 Å². The average molecular weight is 441 g/mol. The van der Waals surface area contributed by atoms with Crippen molar-refractivity contribution in [1.82, 2.24) is 20.0 Å². The molecule has 1 aliphatic carbocycles. The summed E-state index contributed by atoms with van der Waals surface area (Å²) in [6.07, 6.45) is 3.30. The molecule has 1 aromatic carbocycles. The molecule has 0 bridgehead atoms. The van der Waals surface area contributed by atoms with Crippen LogP contribution >= 0.6 is 0 Å². The van der Waals surface area contributed by atoms with E-state index in [9.17, 15) is 14.4 Å². The van der Waals surface area contributed by atoms with Gasteiger partial charge >= 0.3 is 6.03 Å². The molecule has 2 atom stereocenters. The molecule has 32 heavy (non-hydrogen) atoms. The van der Waals surface area contributed by atoms with Gasteiger partial charge in [-0.1, -0.05) is 51.1 Å². The molecular formula is C25H36N4O3. The van der Waals surface area contributed by atoms with E-state index in [2.05, 4.69) is 55.3 Å². The molecule has 4 rings (SSSR count). The van der Waals surface area contributed by atoms with E-state index in [1.165, 1.54) is 5.56 Å². The number of urea groups is 1. The SMILES string of the molecule is CC1CC(C)(C)CC2(C1)NC(=O)N(CC(=O)N1CCN(CCc3ccccc3)CC1)C2=O. The molecule has 7 heteroatoms. The number of rotatable bonds is 5. The van der Waals surface area contributed by atoms with Crippen LogP contribution in [0.5, 0.6) is 0 Å². The minimum Gasteiger partial charge on any atom is -0.339 e. The number of nitrogens with zero attached hydrogens (tertiary/aromatic N) is 3. The van der Waals surface area contributed by atoms with E-state index >= 15 is 0 Å². The second kappa shape index (κ2) is 8.85. The van der Waals surface area contributed by atoms with Gasteiger partial charge in [0.15, 0.2) is 0 Å². The summed E-state index contributed by atoms with van der Waals surface area (Å²) in [5.74, 6) is -0.0176. The summed E-state index contributed by atoms with van der Waals surface area (Å²) >= 11 is 0. The van der Waals surface area contributed by atoms with Crippen molar-refractivity contribution in [3.05, 3.63) is 35.9 Å². The minimum absolute atomic E-state index is 0.0172. The zero-order chi connectivity index (χ0) is 22.9. The quantitative estimate of drug-likeness (QED) is 0.714. The fourth-order valence-electron chi connectivity index (χ4n) is 6.04. The summed E-state index contributed by atoms with van der Waals surface area (Å²) < 4.78 is 0. The van der Waals surface area contributed by atoms with Crippen LogP contribution in [0.25, 0.3) is 0 Å². The van der Waals surface area contributed by atoms with Crippen LogP contribution in [0.4, 0.5) is 4.79 Å². The molecule has 0 aromatic heterocycles. The Labute approximate surface area is 191 Å². The van der Waals surface area contributed by atoms with Crippen molar-refractivity contribution in [2.45, 2.75) is 52.0 Å². The highest BCUT2D eigenvalue weighted by molar-refractivity contribution is 6.09. The Morgan fingerprint density at radius 1 is 1.06 bits per heavy atom. The van der Waals surface area contributed by atoms with Crippen molar-refractivity contribution in [2.24, 2.45) is 11.3 Å². The third-order valence-electron chi connectivity index (χ3n) is 7.20. The van der Waals surface area contributed by atoms with E-state index in [1.54, 1.807) is 4.90 Å². The monoisotopic (exact) mass is 440 g/mol. The Bertz CT molecular complexity index is 863. The van der Waals surface area contributed by atoms with Crippen molar-refractivity contribution >= 4 is 17.8 Å². The lowest BCUT2D eigenvalue weighted by Gasteiger charge is -2.43. The lowest BCUT2D eigenvalue weighted by molar-refractivity contribution is -0.141. The van der Waals surface area contributed by atoms with E-state index in [-0.39, 0.29) is 23.8 Å². The zero-order valence-corrected chi connectivity index (χ0v) is 19.6. The molecule has 2 aliphatic heterocycles. The summed E-state index contributed by atoms with van der Waals surface area (Å²) in [7, 11) is 0. The van der Waals surface area contributed by atoms with E-state index in [4.69, 9.17) is 0 Å². The Balaban J connectivity index is 1.30. The predicted molar refractivity (Wildman–Crippen MR) is 123 cm³/mol. The Kier molecular flexibility index (Phi) is 6.30. The maximum atomic E-state index is 13.3. The summed E-state index contributed by atoms with van der Waals surface area (Å²) in [5.41, 5.74) is 0.449. The average Bonchev–Trinajstić information content (AvgIpc) is 2.95. The highest BCUT2D eigenvalue weighted by Crippen LogP contribution is 2.46. The van der Waals surface area contributed by atoms with Gasteiger partial charge in [-0.25, -0.2) is 4.79 Å². The molecule has 3 aliphatic rings. The Hall–Kier alpha value is -2.41. The van der Waals surface area contributed by atoms with Gasteiger partial charge < -0.3 is 10.2 Å². The molecule has 1 spiro atoms. The molecule has 2 heterocycles. The molecule has 2 unspecified atom stereocenters. The number of hydrogen-bond donors (Lipinski definition) is 1. The Morgan fingerprint density at radius 2 is 1.75 bits per heavy atom. The largest absolute Gasteiger partial charge is 0.339 e. The van der Waals surface area contributed by atoms with Crippen molar-refractivity contribution < 1.29 is 14.4 Å². The van der Waals surface area contributed by atoms with Crippen molar-refractivity contribution in [2.75, 3.05) is 39.3 Å². The lowest BCUT2D eigenvalue weighted by Crippen LogP contribution is -2.55.